The van der Waals surface area contributed by atoms with E-state index in [4.69, 9.17) is 9.15 Å². The summed E-state index contributed by atoms with van der Waals surface area (Å²) in [5, 5.41) is 22.5. The predicted molar refractivity (Wildman–Crippen MR) is 111 cm³/mol. The van der Waals surface area contributed by atoms with Crippen LogP contribution in [0, 0.1) is 15.9 Å². The number of nitro groups is 1. The minimum atomic E-state index is -0.915. The third-order valence-corrected chi connectivity index (χ3v) is 4.62. The van der Waals surface area contributed by atoms with Crippen LogP contribution in [0.1, 0.15) is 17.5 Å². The third kappa shape index (κ3) is 4.20. The van der Waals surface area contributed by atoms with Gasteiger partial charge in [-0.15, -0.1) is 10.2 Å². The number of aromatic nitrogens is 2. The van der Waals surface area contributed by atoms with Crippen molar-refractivity contribution in [3.8, 4) is 17.2 Å². The zero-order valence-electron chi connectivity index (χ0n) is 16.4. The lowest BCUT2D eigenvalue weighted by molar-refractivity contribution is -0.384. The van der Waals surface area contributed by atoms with Gasteiger partial charge < -0.3 is 14.5 Å². The van der Waals surface area contributed by atoms with Crippen molar-refractivity contribution >= 4 is 11.4 Å². The number of hydrogen-bond donors (Lipinski definition) is 1. The van der Waals surface area contributed by atoms with E-state index in [1.165, 1.54) is 31.4 Å². The number of rotatable bonds is 7. The van der Waals surface area contributed by atoms with E-state index in [-0.39, 0.29) is 28.7 Å². The Morgan fingerprint density at radius 1 is 1.06 bits per heavy atom. The van der Waals surface area contributed by atoms with E-state index in [2.05, 4.69) is 15.5 Å². The molecule has 0 fully saturated rings. The van der Waals surface area contributed by atoms with E-state index in [1.807, 2.05) is 30.3 Å². The third-order valence-electron chi connectivity index (χ3n) is 4.62. The van der Waals surface area contributed by atoms with E-state index in [9.17, 15) is 14.5 Å². The van der Waals surface area contributed by atoms with Crippen molar-refractivity contribution in [3.63, 3.8) is 0 Å². The van der Waals surface area contributed by atoms with Gasteiger partial charge >= 0.3 is 0 Å². The Hall–Kier alpha value is -4.27. The zero-order chi connectivity index (χ0) is 21.8. The summed E-state index contributed by atoms with van der Waals surface area (Å²) in [6, 6.07) is 18.4. The number of ether oxygens (including phenoxy) is 1. The zero-order valence-corrected chi connectivity index (χ0v) is 16.4. The first-order valence-corrected chi connectivity index (χ1v) is 9.29. The van der Waals surface area contributed by atoms with Gasteiger partial charge in [0.15, 0.2) is 0 Å². The van der Waals surface area contributed by atoms with Gasteiger partial charge in [-0.25, -0.2) is 4.39 Å². The molecule has 1 N–H and O–H groups in total. The molecule has 0 radical (unpaired) electrons. The maximum absolute atomic E-state index is 14.7. The summed E-state index contributed by atoms with van der Waals surface area (Å²) >= 11 is 0. The summed E-state index contributed by atoms with van der Waals surface area (Å²) in [5.41, 5.74) is 1.08. The second-order valence-electron chi connectivity index (χ2n) is 6.55. The Morgan fingerprint density at radius 3 is 2.52 bits per heavy atom. The molecule has 8 nitrogen and oxygen atoms in total. The Bertz CT molecular complexity index is 1210. The van der Waals surface area contributed by atoms with Crippen molar-refractivity contribution in [1.29, 1.82) is 0 Å². The highest BCUT2D eigenvalue weighted by Crippen LogP contribution is 2.35. The number of benzene rings is 3. The van der Waals surface area contributed by atoms with Gasteiger partial charge in [0.1, 0.15) is 17.6 Å². The molecule has 0 saturated heterocycles. The molecule has 4 rings (SSSR count). The maximum atomic E-state index is 14.7. The van der Waals surface area contributed by atoms with Crippen LogP contribution >= 0.6 is 0 Å². The fraction of sp³-hybridized carbons (Fsp3) is 0.0909. The van der Waals surface area contributed by atoms with Crippen molar-refractivity contribution in [3.05, 3.63) is 100 Å². The van der Waals surface area contributed by atoms with Crippen molar-refractivity contribution in [2.24, 2.45) is 0 Å². The van der Waals surface area contributed by atoms with Gasteiger partial charge in [0.05, 0.1) is 17.7 Å². The summed E-state index contributed by atoms with van der Waals surface area (Å²) in [5.74, 6) is 0.209. The highest BCUT2D eigenvalue weighted by atomic mass is 19.1. The van der Waals surface area contributed by atoms with Gasteiger partial charge in [-0.05, 0) is 24.3 Å². The predicted octanol–water partition coefficient (Wildman–Crippen LogP) is 4.99. The van der Waals surface area contributed by atoms with Crippen LogP contribution in [0.15, 0.2) is 77.2 Å². The summed E-state index contributed by atoms with van der Waals surface area (Å²) in [4.78, 5) is 10.7. The first-order chi connectivity index (χ1) is 15.1. The highest BCUT2D eigenvalue weighted by Gasteiger charge is 2.26. The van der Waals surface area contributed by atoms with Crippen molar-refractivity contribution in [2.75, 3.05) is 12.4 Å². The Kier molecular flexibility index (Phi) is 5.57. The topological polar surface area (TPSA) is 103 Å². The number of nitrogens with zero attached hydrogens (tertiary/aromatic N) is 3. The van der Waals surface area contributed by atoms with Gasteiger partial charge in [0.25, 0.3) is 5.69 Å². The molecule has 156 valence electrons. The molecule has 31 heavy (non-hydrogen) atoms. The average molecular weight is 420 g/mol. The van der Waals surface area contributed by atoms with Crippen LogP contribution in [0.4, 0.5) is 15.8 Å². The average Bonchev–Trinajstić information content (AvgIpc) is 3.28. The van der Waals surface area contributed by atoms with E-state index in [0.29, 0.717) is 11.3 Å². The van der Waals surface area contributed by atoms with Crippen molar-refractivity contribution in [1.82, 2.24) is 10.2 Å². The Balaban J connectivity index is 1.79. The Morgan fingerprint density at radius 2 is 1.81 bits per heavy atom. The second-order valence-corrected chi connectivity index (χ2v) is 6.55. The van der Waals surface area contributed by atoms with E-state index >= 15 is 0 Å². The van der Waals surface area contributed by atoms with Gasteiger partial charge in [-0.1, -0.05) is 36.4 Å². The number of methoxy groups -OCH3 is 1. The van der Waals surface area contributed by atoms with Crippen LogP contribution in [-0.2, 0) is 0 Å². The number of hydrogen-bond acceptors (Lipinski definition) is 7. The fourth-order valence-corrected chi connectivity index (χ4v) is 3.11. The molecule has 0 bridgehead atoms. The summed E-state index contributed by atoms with van der Waals surface area (Å²) < 4.78 is 25.8. The van der Waals surface area contributed by atoms with Gasteiger partial charge in [-0.3, -0.25) is 10.1 Å². The van der Waals surface area contributed by atoms with Crippen LogP contribution in [-0.4, -0.2) is 22.2 Å². The molecule has 3 aromatic carbocycles. The summed E-state index contributed by atoms with van der Waals surface area (Å²) in [6.07, 6.45) is 0. The van der Waals surface area contributed by atoms with Crippen molar-refractivity contribution < 1.29 is 18.5 Å². The van der Waals surface area contributed by atoms with Crippen LogP contribution in [0.25, 0.3) is 11.5 Å². The molecule has 9 heteroatoms. The smallest absolute Gasteiger partial charge is 0.271 e. The molecule has 1 atom stereocenters. The SMILES string of the molecule is COc1ccc([N+](=O)[O-])cc1N[C@@H](c1nnc(-c2ccccc2)o1)c1ccccc1F. The van der Waals surface area contributed by atoms with Gasteiger partial charge in [0, 0.05) is 23.3 Å². The molecular weight excluding hydrogens is 403 g/mol. The van der Waals surface area contributed by atoms with Crippen LogP contribution < -0.4 is 10.1 Å². The highest BCUT2D eigenvalue weighted by molar-refractivity contribution is 5.63. The van der Waals surface area contributed by atoms with E-state index < -0.39 is 16.8 Å². The van der Waals surface area contributed by atoms with Crippen LogP contribution in [0.2, 0.25) is 0 Å². The first-order valence-electron chi connectivity index (χ1n) is 9.29. The molecule has 0 spiro atoms. The summed E-state index contributed by atoms with van der Waals surface area (Å²) in [7, 11) is 1.44. The first kappa shape index (κ1) is 20.0. The molecule has 0 aliphatic heterocycles. The molecular formula is C22H17FN4O4. The number of anilines is 1. The molecule has 0 aliphatic rings. The summed E-state index contributed by atoms with van der Waals surface area (Å²) in [6.45, 7) is 0. The monoisotopic (exact) mass is 420 g/mol. The van der Waals surface area contributed by atoms with Crippen molar-refractivity contribution in [2.45, 2.75) is 6.04 Å². The standard InChI is InChI=1S/C22H17FN4O4/c1-30-19-12-11-15(27(28)29)13-18(19)24-20(16-9-5-6-10-17(16)23)22-26-25-21(31-22)14-7-3-2-4-8-14/h2-13,20,24H,1H3/t20-/m1/s1. The number of nitrogens with one attached hydrogen (secondary N) is 1. The molecule has 0 aliphatic carbocycles. The van der Waals surface area contributed by atoms with Crippen LogP contribution in [0.3, 0.4) is 0 Å². The number of halogens is 1. The quantitative estimate of drug-likeness (QED) is 0.332. The minimum absolute atomic E-state index is 0.0949. The minimum Gasteiger partial charge on any atom is -0.495 e. The van der Waals surface area contributed by atoms with Gasteiger partial charge in [-0.2, -0.15) is 0 Å². The fourth-order valence-electron chi connectivity index (χ4n) is 3.11. The van der Waals surface area contributed by atoms with E-state index in [0.717, 1.165) is 0 Å². The Labute approximate surface area is 176 Å². The molecule has 0 saturated carbocycles. The van der Waals surface area contributed by atoms with Crippen LogP contribution in [0.5, 0.6) is 5.75 Å². The number of non-ortho nitro benzene ring substituents is 1. The lowest BCUT2D eigenvalue weighted by atomic mass is 10.1. The molecule has 0 unspecified atom stereocenters. The largest absolute Gasteiger partial charge is 0.495 e. The van der Waals surface area contributed by atoms with E-state index in [1.54, 1.807) is 18.2 Å². The lowest BCUT2D eigenvalue weighted by Crippen LogP contribution is -2.15. The molecule has 0 amide bonds. The second kappa shape index (κ2) is 8.62. The number of nitro benzene ring substituents is 1. The molecule has 1 heterocycles. The normalized spacial score (nSPS) is 11.7. The lowest BCUT2D eigenvalue weighted by Gasteiger charge is -2.19. The maximum Gasteiger partial charge on any atom is 0.271 e. The molecule has 1 aromatic heterocycles. The molecule has 4 aromatic rings. The van der Waals surface area contributed by atoms with Gasteiger partial charge in [0.2, 0.25) is 11.8 Å².